The summed E-state index contributed by atoms with van der Waals surface area (Å²) in [4.78, 5) is 11.3. The van der Waals surface area contributed by atoms with Crippen LogP contribution in [0.2, 0.25) is 0 Å². The van der Waals surface area contributed by atoms with Gasteiger partial charge in [0.2, 0.25) is 0 Å². The molecule has 0 atom stereocenters. The van der Waals surface area contributed by atoms with Crippen molar-refractivity contribution in [2.75, 3.05) is 0 Å². The van der Waals surface area contributed by atoms with Crippen molar-refractivity contribution >= 4 is 6.29 Å². The molecule has 1 aromatic rings. The lowest BCUT2D eigenvalue weighted by molar-refractivity contribution is 0.109. The molecule has 41 heavy (non-hydrogen) atoms. The maximum absolute atomic E-state index is 11.3. The quantitative estimate of drug-likeness (QED) is 0.0619. The van der Waals surface area contributed by atoms with Crippen molar-refractivity contribution in [3.63, 3.8) is 0 Å². The highest BCUT2D eigenvalue weighted by molar-refractivity contribution is 5.71. The Balaban J connectivity index is 1.96. The third-order valence-electron chi connectivity index (χ3n) is 9.09. The van der Waals surface area contributed by atoms with Crippen molar-refractivity contribution < 1.29 is 9.21 Å². The van der Waals surface area contributed by atoms with Crippen molar-refractivity contribution in [1.82, 2.24) is 0 Å². The summed E-state index contributed by atoms with van der Waals surface area (Å²) in [5, 5.41) is 0. The molecule has 1 aromatic heterocycles. The summed E-state index contributed by atoms with van der Waals surface area (Å²) >= 11 is 0. The zero-order valence-electron chi connectivity index (χ0n) is 28.1. The minimum atomic E-state index is 0.525. The zero-order chi connectivity index (χ0) is 29.5. The normalized spacial score (nSPS) is 11.5. The van der Waals surface area contributed by atoms with Gasteiger partial charge in [0.1, 0.15) is 5.76 Å². The Hall–Kier alpha value is -1.05. The van der Waals surface area contributed by atoms with Crippen LogP contribution in [0, 0.1) is 0 Å². The molecule has 0 radical (unpaired) electrons. The standard InChI is InChI=1S/C39H72O2/c1-3-5-7-9-11-13-15-17-19-21-23-25-27-29-31-33-37-35-38(36-40)41-39(37)34-32-30-28-26-24-22-20-18-16-14-12-10-8-6-4-2/h35-36H,3-34H2,1-2H3. The van der Waals surface area contributed by atoms with Gasteiger partial charge in [-0.2, -0.15) is 0 Å². The van der Waals surface area contributed by atoms with Gasteiger partial charge in [-0.05, 0) is 30.9 Å². The average molecular weight is 573 g/mol. The van der Waals surface area contributed by atoms with Crippen LogP contribution in [0.3, 0.4) is 0 Å². The Labute approximate surface area is 257 Å². The highest BCUT2D eigenvalue weighted by Gasteiger charge is 2.10. The van der Waals surface area contributed by atoms with E-state index in [0.717, 1.165) is 24.9 Å². The molecule has 0 unspecified atom stereocenters. The average Bonchev–Trinajstić information content (AvgIpc) is 3.39. The van der Waals surface area contributed by atoms with Crippen LogP contribution >= 0.6 is 0 Å². The predicted molar refractivity (Wildman–Crippen MR) is 181 cm³/mol. The summed E-state index contributed by atoms with van der Waals surface area (Å²) in [6.45, 7) is 4.59. The molecule has 2 heteroatoms. The highest BCUT2D eigenvalue weighted by Crippen LogP contribution is 2.21. The summed E-state index contributed by atoms with van der Waals surface area (Å²) in [5.41, 5.74) is 1.30. The number of hydrogen-bond acceptors (Lipinski definition) is 2. The van der Waals surface area contributed by atoms with Gasteiger partial charge in [0.05, 0.1) is 0 Å². The van der Waals surface area contributed by atoms with E-state index in [9.17, 15) is 4.79 Å². The van der Waals surface area contributed by atoms with E-state index in [2.05, 4.69) is 13.8 Å². The summed E-state index contributed by atoms with van der Waals surface area (Å²) in [6, 6.07) is 2.01. The highest BCUT2D eigenvalue weighted by atomic mass is 16.3. The van der Waals surface area contributed by atoms with Gasteiger partial charge in [0.15, 0.2) is 12.0 Å². The van der Waals surface area contributed by atoms with Gasteiger partial charge in [0.25, 0.3) is 0 Å². The molecule has 0 N–H and O–H groups in total. The summed E-state index contributed by atoms with van der Waals surface area (Å²) in [7, 11) is 0. The molecule has 1 rings (SSSR count). The van der Waals surface area contributed by atoms with E-state index in [1.54, 1.807) is 0 Å². The van der Waals surface area contributed by atoms with Crippen LogP contribution < -0.4 is 0 Å². The Morgan fingerprint density at radius 1 is 0.439 bits per heavy atom. The first-order valence-corrected chi connectivity index (χ1v) is 18.9. The Bertz CT molecular complexity index is 609. The van der Waals surface area contributed by atoms with Gasteiger partial charge in [-0.15, -0.1) is 0 Å². The summed E-state index contributed by atoms with van der Waals surface area (Å²) in [5.74, 6) is 1.61. The number of carbonyl (C=O) groups is 1. The van der Waals surface area contributed by atoms with Crippen LogP contribution in [-0.2, 0) is 12.8 Å². The Kier molecular flexibility index (Phi) is 28.2. The molecule has 0 spiro atoms. The summed E-state index contributed by atoms with van der Waals surface area (Å²) in [6.07, 6.45) is 44.8. The SMILES string of the molecule is CCCCCCCCCCCCCCCCCc1cc(C=O)oc1CCCCCCCCCCCCCCCCC. The van der Waals surface area contributed by atoms with Crippen LogP contribution in [0.25, 0.3) is 0 Å². The molecule has 240 valence electrons. The summed E-state index contributed by atoms with van der Waals surface area (Å²) < 4.78 is 5.89. The smallest absolute Gasteiger partial charge is 0.185 e. The molecule has 0 aliphatic rings. The third-order valence-corrected chi connectivity index (χ3v) is 9.09. The minimum absolute atomic E-state index is 0.525. The molecule has 0 aromatic carbocycles. The second-order valence-corrected chi connectivity index (χ2v) is 13.1. The zero-order valence-corrected chi connectivity index (χ0v) is 28.1. The molecule has 1 heterocycles. The van der Waals surface area contributed by atoms with Crippen LogP contribution in [0.4, 0.5) is 0 Å². The molecule has 0 bridgehead atoms. The van der Waals surface area contributed by atoms with Crippen molar-refractivity contribution in [2.45, 2.75) is 219 Å². The second kappa shape index (κ2) is 30.4. The van der Waals surface area contributed by atoms with Gasteiger partial charge in [-0.1, -0.05) is 194 Å². The van der Waals surface area contributed by atoms with E-state index in [4.69, 9.17) is 4.42 Å². The largest absolute Gasteiger partial charge is 0.458 e. The Morgan fingerprint density at radius 3 is 1.05 bits per heavy atom. The van der Waals surface area contributed by atoms with Gasteiger partial charge in [-0.25, -0.2) is 0 Å². The third kappa shape index (κ3) is 24.1. The first kappa shape index (κ1) is 38.0. The number of rotatable bonds is 33. The molecule has 2 nitrogen and oxygen atoms in total. The Morgan fingerprint density at radius 2 is 0.732 bits per heavy atom. The van der Waals surface area contributed by atoms with Crippen molar-refractivity contribution in [3.05, 3.63) is 23.2 Å². The van der Waals surface area contributed by atoms with Crippen LogP contribution in [0.1, 0.15) is 228 Å². The van der Waals surface area contributed by atoms with Crippen molar-refractivity contribution in [2.24, 2.45) is 0 Å². The maximum Gasteiger partial charge on any atom is 0.185 e. The van der Waals surface area contributed by atoms with E-state index < -0.39 is 0 Å². The predicted octanol–water partition coefficient (Wildman–Crippen LogP) is 13.9. The first-order valence-electron chi connectivity index (χ1n) is 18.9. The number of hydrogen-bond donors (Lipinski definition) is 0. The lowest BCUT2D eigenvalue weighted by atomic mass is 10.0. The molecule has 0 fully saturated rings. The van der Waals surface area contributed by atoms with Crippen LogP contribution in [0.5, 0.6) is 0 Å². The van der Waals surface area contributed by atoms with Gasteiger partial charge in [0, 0.05) is 6.42 Å². The molecular formula is C39H72O2. The lowest BCUT2D eigenvalue weighted by Crippen LogP contribution is -1.92. The number of aldehydes is 1. The number of unbranched alkanes of at least 4 members (excludes halogenated alkanes) is 28. The molecule has 0 saturated heterocycles. The van der Waals surface area contributed by atoms with E-state index in [-0.39, 0.29) is 0 Å². The molecule has 0 saturated carbocycles. The van der Waals surface area contributed by atoms with E-state index in [1.807, 2.05) is 6.07 Å². The maximum atomic E-state index is 11.3. The molecule has 0 amide bonds. The topological polar surface area (TPSA) is 30.2 Å². The molecular weight excluding hydrogens is 500 g/mol. The van der Waals surface area contributed by atoms with E-state index >= 15 is 0 Å². The fourth-order valence-corrected chi connectivity index (χ4v) is 6.31. The number of furan rings is 1. The fraction of sp³-hybridized carbons (Fsp3) is 0.872. The van der Waals surface area contributed by atoms with Crippen molar-refractivity contribution in [1.29, 1.82) is 0 Å². The first-order chi connectivity index (χ1) is 20.3. The molecule has 0 aliphatic heterocycles. The molecule has 0 aliphatic carbocycles. The van der Waals surface area contributed by atoms with Crippen LogP contribution in [-0.4, -0.2) is 6.29 Å². The van der Waals surface area contributed by atoms with E-state index in [1.165, 1.54) is 198 Å². The minimum Gasteiger partial charge on any atom is -0.458 e. The second-order valence-electron chi connectivity index (χ2n) is 13.1. The number of carbonyl (C=O) groups excluding carboxylic acids is 1. The van der Waals surface area contributed by atoms with E-state index in [0.29, 0.717) is 5.76 Å². The van der Waals surface area contributed by atoms with Gasteiger partial charge >= 0.3 is 0 Å². The lowest BCUT2D eigenvalue weighted by Gasteiger charge is -2.05. The van der Waals surface area contributed by atoms with Gasteiger partial charge < -0.3 is 4.42 Å². The number of aryl methyl sites for hydroxylation is 2. The van der Waals surface area contributed by atoms with Crippen LogP contribution in [0.15, 0.2) is 10.5 Å². The fourth-order valence-electron chi connectivity index (χ4n) is 6.31. The van der Waals surface area contributed by atoms with Crippen molar-refractivity contribution in [3.8, 4) is 0 Å². The monoisotopic (exact) mass is 573 g/mol. The van der Waals surface area contributed by atoms with Gasteiger partial charge in [-0.3, -0.25) is 4.79 Å².